The van der Waals surface area contributed by atoms with Crippen LogP contribution in [0.5, 0.6) is 5.75 Å². The van der Waals surface area contributed by atoms with Crippen LogP contribution in [0.2, 0.25) is 0 Å². The van der Waals surface area contributed by atoms with Gasteiger partial charge in [0.25, 0.3) is 0 Å². The number of anilines is 2. The molecule has 2 amide bonds. The first-order valence-electron chi connectivity index (χ1n) is 7.50. The minimum absolute atomic E-state index is 0.0499. The molecule has 11 heteroatoms. The summed E-state index contributed by atoms with van der Waals surface area (Å²) in [5, 5.41) is 4.13. The number of ether oxygens (including phenoxy) is 1. The van der Waals surface area contributed by atoms with E-state index in [0.29, 0.717) is 12.1 Å². The summed E-state index contributed by atoms with van der Waals surface area (Å²) in [4.78, 5) is 22.9. The molecule has 2 aromatic carbocycles. The molecular formula is C17H12F6N2O3. The van der Waals surface area contributed by atoms with Crippen LogP contribution < -0.4 is 15.4 Å². The second kappa shape index (κ2) is 7.79. The Morgan fingerprint density at radius 2 is 1.36 bits per heavy atom. The number of alkyl halides is 6. The molecule has 2 N–H and O–H groups in total. The Bertz CT molecular complexity index is 861. The van der Waals surface area contributed by atoms with E-state index in [9.17, 15) is 35.9 Å². The maximum atomic E-state index is 12.8. The van der Waals surface area contributed by atoms with E-state index in [1.54, 1.807) is 0 Å². The molecule has 0 heterocycles. The predicted octanol–water partition coefficient (Wildman–Crippen LogP) is 5.29. The van der Waals surface area contributed by atoms with Gasteiger partial charge in [-0.1, -0.05) is 6.07 Å². The summed E-state index contributed by atoms with van der Waals surface area (Å²) < 4.78 is 81.8. The molecule has 0 aromatic heterocycles. The number of amides is 2. The molecule has 0 unspecified atom stereocenters. The smallest absolute Gasteiger partial charge is 0.416 e. The lowest BCUT2D eigenvalue weighted by atomic mass is 10.1. The van der Waals surface area contributed by atoms with Crippen molar-refractivity contribution in [1.82, 2.24) is 0 Å². The van der Waals surface area contributed by atoms with Crippen molar-refractivity contribution in [3.8, 4) is 5.75 Å². The van der Waals surface area contributed by atoms with Crippen LogP contribution in [0.3, 0.4) is 0 Å². The van der Waals surface area contributed by atoms with Gasteiger partial charge < -0.3 is 15.4 Å². The predicted molar refractivity (Wildman–Crippen MR) is 86.8 cm³/mol. The van der Waals surface area contributed by atoms with E-state index in [1.165, 1.54) is 24.3 Å². The average Bonchev–Trinajstić information content (AvgIpc) is 2.52. The third-order valence-corrected chi connectivity index (χ3v) is 3.20. The standard InChI is InChI=1S/C17H12F6N2O3/c1-9(26)28-14-4-2-3-12(8-14)24-15(27)25-13-6-10(16(18,19)20)5-11(7-13)17(21,22)23/h2-8H,1H3,(H2,24,25,27). The Hall–Kier alpha value is -3.24. The van der Waals surface area contributed by atoms with Crippen LogP contribution in [0.25, 0.3) is 0 Å². The molecule has 0 radical (unpaired) electrons. The summed E-state index contributed by atoms with van der Waals surface area (Å²) in [6.07, 6.45) is -10.1. The maximum Gasteiger partial charge on any atom is 0.416 e. The maximum absolute atomic E-state index is 12.8. The Morgan fingerprint density at radius 1 is 0.821 bits per heavy atom. The number of benzene rings is 2. The Labute approximate surface area is 154 Å². The van der Waals surface area contributed by atoms with E-state index in [-0.39, 0.29) is 17.5 Å². The van der Waals surface area contributed by atoms with Crippen LogP contribution in [0.1, 0.15) is 18.1 Å². The number of carbonyl (C=O) groups is 2. The summed E-state index contributed by atoms with van der Waals surface area (Å²) in [5.74, 6) is -0.533. The van der Waals surface area contributed by atoms with Gasteiger partial charge in [0.05, 0.1) is 11.1 Å². The molecule has 0 saturated heterocycles. The number of hydrogen-bond acceptors (Lipinski definition) is 3. The van der Waals surface area contributed by atoms with Gasteiger partial charge in [-0.2, -0.15) is 26.3 Å². The number of hydrogen-bond donors (Lipinski definition) is 2. The van der Waals surface area contributed by atoms with Gasteiger partial charge in [-0.25, -0.2) is 4.79 Å². The van der Waals surface area contributed by atoms with Gasteiger partial charge in [-0.15, -0.1) is 0 Å². The summed E-state index contributed by atoms with van der Waals surface area (Å²) in [6, 6.07) is 5.06. The van der Waals surface area contributed by atoms with E-state index in [4.69, 9.17) is 4.74 Å². The molecule has 0 atom stereocenters. The van der Waals surface area contributed by atoms with E-state index in [2.05, 4.69) is 5.32 Å². The Kier molecular flexibility index (Phi) is 5.86. The van der Waals surface area contributed by atoms with Crippen LogP contribution >= 0.6 is 0 Å². The zero-order chi connectivity index (χ0) is 21.1. The number of nitrogens with one attached hydrogen (secondary N) is 2. The Morgan fingerprint density at radius 3 is 1.86 bits per heavy atom. The average molecular weight is 406 g/mol. The highest BCUT2D eigenvalue weighted by Crippen LogP contribution is 2.37. The summed E-state index contributed by atoms with van der Waals surface area (Å²) in [7, 11) is 0. The topological polar surface area (TPSA) is 67.4 Å². The molecule has 0 aliphatic rings. The SMILES string of the molecule is CC(=O)Oc1cccc(NC(=O)Nc2cc(C(F)(F)F)cc(C(F)(F)F)c2)c1. The molecule has 0 bridgehead atoms. The van der Waals surface area contributed by atoms with Crippen molar-refractivity contribution in [2.45, 2.75) is 19.3 Å². The van der Waals surface area contributed by atoms with Gasteiger partial charge in [0.15, 0.2) is 0 Å². The largest absolute Gasteiger partial charge is 0.427 e. The van der Waals surface area contributed by atoms with Crippen LogP contribution in [-0.4, -0.2) is 12.0 Å². The number of carbonyl (C=O) groups excluding carboxylic acids is 2. The molecule has 5 nitrogen and oxygen atoms in total. The van der Waals surface area contributed by atoms with Crippen LogP contribution in [0.4, 0.5) is 42.5 Å². The lowest BCUT2D eigenvalue weighted by Gasteiger charge is -2.15. The van der Waals surface area contributed by atoms with Crippen molar-refractivity contribution >= 4 is 23.4 Å². The normalized spacial score (nSPS) is 11.7. The van der Waals surface area contributed by atoms with Crippen LogP contribution in [0.15, 0.2) is 42.5 Å². The van der Waals surface area contributed by atoms with Crippen molar-refractivity contribution < 1.29 is 40.7 Å². The first kappa shape index (κ1) is 21.1. The summed E-state index contributed by atoms with van der Waals surface area (Å²) in [6.45, 7) is 1.15. The van der Waals surface area contributed by atoms with Crippen LogP contribution in [-0.2, 0) is 17.1 Å². The highest BCUT2D eigenvalue weighted by molar-refractivity contribution is 6.00. The van der Waals surface area contributed by atoms with Crippen molar-refractivity contribution in [3.05, 3.63) is 53.6 Å². The molecular weight excluding hydrogens is 394 g/mol. The fourth-order valence-corrected chi connectivity index (χ4v) is 2.12. The van der Waals surface area contributed by atoms with Gasteiger partial charge >= 0.3 is 24.4 Å². The molecule has 150 valence electrons. The number of esters is 1. The number of urea groups is 1. The second-order valence-electron chi connectivity index (χ2n) is 5.50. The summed E-state index contributed by atoms with van der Waals surface area (Å²) >= 11 is 0. The molecule has 0 spiro atoms. The van der Waals surface area contributed by atoms with Gasteiger partial charge in [0, 0.05) is 24.4 Å². The zero-order valence-electron chi connectivity index (χ0n) is 14.0. The minimum atomic E-state index is -5.04. The lowest BCUT2D eigenvalue weighted by molar-refractivity contribution is -0.143. The minimum Gasteiger partial charge on any atom is -0.427 e. The quantitative estimate of drug-likeness (QED) is 0.413. The molecule has 28 heavy (non-hydrogen) atoms. The molecule has 2 aromatic rings. The van der Waals surface area contributed by atoms with E-state index in [1.807, 2.05) is 5.32 Å². The van der Waals surface area contributed by atoms with E-state index >= 15 is 0 Å². The monoisotopic (exact) mass is 406 g/mol. The number of halogens is 6. The fourth-order valence-electron chi connectivity index (χ4n) is 2.12. The molecule has 0 fully saturated rings. The van der Waals surface area contributed by atoms with Gasteiger partial charge in [0.2, 0.25) is 0 Å². The van der Waals surface area contributed by atoms with E-state index in [0.717, 1.165) is 6.92 Å². The third kappa shape index (κ3) is 5.89. The van der Waals surface area contributed by atoms with Crippen molar-refractivity contribution in [3.63, 3.8) is 0 Å². The zero-order valence-corrected chi connectivity index (χ0v) is 14.0. The van der Waals surface area contributed by atoms with Gasteiger partial charge in [-0.3, -0.25) is 4.79 Å². The first-order valence-corrected chi connectivity index (χ1v) is 7.50. The first-order chi connectivity index (χ1) is 12.8. The fraction of sp³-hybridized carbons (Fsp3) is 0.176. The molecule has 0 aliphatic carbocycles. The Balaban J connectivity index is 2.22. The van der Waals surface area contributed by atoms with Gasteiger partial charge in [0.1, 0.15) is 5.75 Å². The highest BCUT2D eigenvalue weighted by Gasteiger charge is 2.37. The highest BCUT2D eigenvalue weighted by atomic mass is 19.4. The van der Waals surface area contributed by atoms with Crippen LogP contribution in [0, 0.1) is 0 Å². The van der Waals surface area contributed by atoms with E-state index < -0.39 is 41.2 Å². The molecule has 0 saturated carbocycles. The molecule has 0 aliphatic heterocycles. The van der Waals surface area contributed by atoms with Crippen molar-refractivity contribution in [2.24, 2.45) is 0 Å². The van der Waals surface area contributed by atoms with Gasteiger partial charge in [-0.05, 0) is 30.3 Å². The van der Waals surface area contributed by atoms with Crippen molar-refractivity contribution in [2.75, 3.05) is 10.6 Å². The number of rotatable bonds is 3. The third-order valence-electron chi connectivity index (χ3n) is 3.20. The second-order valence-corrected chi connectivity index (χ2v) is 5.50. The lowest BCUT2D eigenvalue weighted by Crippen LogP contribution is -2.20. The molecule has 2 rings (SSSR count). The summed E-state index contributed by atoms with van der Waals surface area (Å²) in [5.41, 5.74) is -3.72. The van der Waals surface area contributed by atoms with Crippen molar-refractivity contribution in [1.29, 1.82) is 0 Å².